The monoisotopic (exact) mass is 222 g/mol. The lowest BCUT2D eigenvalue weighted by atomic mass is 10.0. The van der Waals surface area contributed by atoms with E-state index < -0.39 is 0 Å². The number of hydrogen-bond acceptors (Lipinski definition) is 2. The lowest BCUT2D eigenvalue weighted by Gasteiger charge is -2.07. The molecule has 3 aromatic rings. The third-order valence-electron chi connectivity index (χ3n) is 3.16. The van der Waals surface area contributed by atoms with Gasteiger partial charge in [-0.25, -0.2) is 0 Å². The van der Waals surface area contributed by atoms with Gasteiger partial charge >= 0.3 is 0 Å². The van der Waals surface area contributed by atoms with Crippen molar-refractivity contribution in [2.24, 2.45) is 0 Å². The summed E-state index contributed by atoms with van der Waals surface area (Å²) in [5, 5.41) is 3.51. The smallest absolute Gasteiger partial charge is 0.0795 e. The van der Waals surface area contributed by atoms with Gasteiger partial charge in [0.15, 0.2) is 0 Å². The van der Waals surface area contributed by atoms with Crippen molar-refractivity contribution in [1.29, 1.82) is 0 Å². The lowest BCUT2D eigenvalue weighted by Crippen LogP contribution is -1.90. The Bertz CT molecular complexity index is 687. The molecule has 0 aliphatic carbocycles. The molecule has 0 fully saturated rings. The van der Waals surface area contributed by atoms with E-state index in [-0.39, 0.29) is 0 Å². The van der Waals surface area contributed by atoms with Gasteiger partial charge in [-0.3, -0.25) is 9.97 Å². The zero-order valence-electron chi connectivity index (χ0n) is 10.0. The fourth-order valence-corrected chi connectivity index (χ4v) is 2.09. The number of benzene rings is 1. The van der Waals surface area contributed by atoms with Crippen molar-refractivity contribution in [2.45, 2.75) is 19.8 Å². The molecule has 0 radical (unpaired) electrons. The third kappa shape index (κ3) is 1.66. The molecule has 0 aliphatic rings. The predicted octanol–water partition coefficient (Wildman–Crippen LogP) is 3.91. The van der Waals surface area contributed by atoms with Crippen LogP contribution in [0.3, 0.4) is 0 Å². The molecule has 0 atom stereocenters. The van der Waals surface area contributed by atoms with Crippen molar-refractivity contribution in [3.8, 4) is 0 Å². The van der Waals surface area contributed by atoms with Crippen LogP contribution in [0.5, 0.6) is 0 Å². The summed E-state index contributed by atoms with van der Waals surface area (Å²) >= 11 is 0. The Morgan fingerprint density at radius 2 is 1.82 bits per heavy atom. The molecule has 2 heteroatoms. The molecule has 0 saturated heterocycles. The molecule has 3 rings (SSSR count). The number of pyridine rings is 2. The summed E-state index contributed by atoms with van der Waals surface area (Å²) in [6.07, 6.45) is 5.68. The first-order chi connectivity index (χ1) is 8.25. The Balaban J connectivity index is 2.37. The molecule has 84 valence electrons. The van der Waals surface area contributed by atoms with E-state index in [0.717, 1.165) is 10.9 Å². The number of fused-ring (bicyclic) bond motifs is 3. The van der Waals surface area contributed by atoms with Gasteiger partial charge in [0.1, 0.15) is 0 Å². The number of nitrogens with zero attached hydrogens (tertiary/aromatic N) is 2. The van der Waals surface area contributed by atoms with E-state index in [9.17, 15) is 0 Å². The second-order valence-electron chi connectivity index (χ2n) is 4.66. The Morgan fingerprint density at radius 1 is 1.00 bits per heavy atom. The van der Waals surface area contributed by atoms with Gasteiger partial charge in [-0.05, 0) is 29.0 Å². The minimum absolute atomic E-state index is 0.511. The second-order valence-corrected chi connectivity index (χ2v) is 4.66. The topological polar surface area (TPSA) is 25.8 Å². The Morgan fingerprint density at radius 3 is 2.65 bits per heavy atom. The Labute approximate surface area is 100 Å². The molecule has 2 aromatic heterocycles. The van der Waals surface area contributed by atoms with E-state index in [1.54, 1.807) is 0 Å². The highest BCUT2D eigenvalue weighted by Crippen LogP contribution is 2.25. The second kappa shape index (κ2) is 3.81. The number of hydrogen-bond donors (Lipinski definition) is 0. The van der Waals surface area contributed by atoms with E-state index in [1.807, 2.05) is 24.7 Å². The molecule has 0 N–H and O–H groups in total. The minimum Gasteiger partial charge on any atom is -0.264 e. The van der Waals surface area contributed by atoms with E-state index in [4.69, 9.17) is 0 Å². The molecular weight excluding hydrogens is 208 g/mol. The molecule has 0 unspecified atom stereocenters. The molecule has 0 bridgehead atoms. The Hall–Kier alpha value is -1.96. The van der Waals surface area contributed by atoms with Crippen LogP contribution in [-0.2, 0) is 0 Å². The van der Waals surface area contributed by atoms with Crippen LogP contribution in [0.4, 0.5) is 0 Å². The first-order valence-corrected chi connectivity index (χ1v) is 5.88. The number of rotatable bonds is 1. The molecule has 17 heavy (non-hydrogen) atoms. The summed E-state index contributed by atoms with van der Waals surface area (Å²) in [6.45, 7) is 4.37. The molecule has 0 amide bonds. The predicted molar refractivity (Wildman–Crippen MR) is 71.1 cm³/mol. The van der Waals surface area contributed by atoms with Crippen LogP contribution >= 0.6 is 0 Å². The highest BCUT2D eigenvalue weighted by Gasteiger charge is 2.04. The lowest BCUT2D eigenvalue weighted by molar-refractivity contribution is 0.862. The summed E-state index contributed by atoms with van der Waals surface area (Å²) in [6, 6.07) is 8.51. The maximum absolute atomic E-state index is 4.59. The van der Waals surface area contributed by atoms with E-state index in [1.165, 1.54) is 16.3 Å². The quantitative estimate of drug-likeness (QED) is 0.583. The van der Waals surface area contributed by atoms with E-state index in [0.29, 0.717) is 5.92 Å². The van der Waals surface area contributed by atoms with E-state index >= 15 is 0 Å². The van der Waals surface area contributed by atoms with Gasteiger partial charge in [-0.15, -0.1) is 0 Å². The SMILES string of the molecule is CC(C)c1cnc2c(ccc3ccncc32)c1. The Kier molecular flexibility index (Phi) is 2.29. The van der Waals surface area contributed by atoms with Gasteiger partial charge in [0.2, 0.25) is 0 Å². The standard InChI is InChI=1S/C15H14N2/c1-10(2)13-7-12-4-3-11-5-6-16-9-14(11)15(12)17-8-13/h3-10H,1-2H3. The zero-order chi connectivity index (χ0) is 11.8. The molecule has 0 aliphatic heterocycles. The summed E-state index contributed by atoms with van der Waals surface area (Å²) < 4.78 is 0. The van der Waals surface area contributed by atoms with Crippen LogP contribution in [0.15, 0.2) is 42.9 Å². The molecule has 0 spiro atoms. The van der Waals surface area contributed by atoms with Crippen LogP contribution in [0.1, 0.15) is 25.3 Å². The van der Waals surface area contributed by atoms with Crippen molar-refractivity contribution >= 4 is 21.7 Å². The van der Waals surface area contributed by atoms with Gasteiger partial charge in [0.05, 0.1) is 5.52 Å². The van der Waals surface area contributed by atoms with Crippen molar-refractivity contribution < 1.29 is 0 Å². The van der Waals surface area contributed by atoms with Crippen LogP contribution in [0, 0.1) is 0 Å². The largest absolute Gasteiger partial charge is 0.264 e. The molecular formula is C15H14N2. The fourth-order valence-electron chi connectivity index (χ4n) is 2.09. The maximum atomic E-state index is 4.59. The summed E-state index contributed by atoms with van der Waals surface area (Å²) in [5.74, 6) is 0.511. The van der Waals surface area contributed by atoms with Gasteiger partial charge < -0.3 is 0 Å². The van der Waals surface area contributed by atoms with Crippen LogP contribution in [0.25, 0.3) is 21.7 Å². The first-order valence-electron chi connectivity index (χ1n) is 5.88. The zero-order valence-corrected chi connectivity index (χ0v) is 10.0. The molecule has 1 aromatic carbocycles. The molecule has 2 nitrogen and oxygen atoms in total. The maximum Gasteiger partial charge on any atom is 0.0795 e. The van der Waals surface area contributed by atoms with E-state index in [2.05, 4.69) is 42.0 Å². The van der Waals surface area contributed by atoms with Gasteiger partial charge in [0, 0.05) is 29.4 Å². The fraction of sp³-hybridized carbons (Fsp3) is 0.200. The first kappa shape index (κ1) is 10.2. The highest BCUT2D eigenvalue weighted by molar-refractivity contribution is 6.04. The summed E-state index contributed by atoms with van der Waals surface area (Å²) in [5.41, 5.74) is 2.32. The highest BCUT2D eigenvalue weighted by atomic mass is 14.7. The summed E-state index contributed by atoms with van der Waals surface area (Å²) in [7, 11) is 0. The average molecular weight is 222 g/mol. The third-order valence-corrected chi connectivity index (χ3v) is 3.16. The van der Waals surface area contributed by atoms with Crippen molar-refractivity contribution in [1.82, 2.24) is 9.97 Å². The van der Waals surface area contributed by atoms with Crippen molar-refractivity contribution in [3.63, 3.8) is 0 Å². The van der Waals surface area contributed by atoms with Crippen LogP contribution < -0.4 is 0 Å². The minimum atomic E-state index is 0.511. The van der Waals surface area contributed by atoms with Crippen molar-refractivity contribution in [2.75, 3.05) is 0 Å². The number of aromatic nitrogens is 2. The van der Waals surface area contributed by atoms with Crippen molar-refractivity contribution in [3.05, 3.63) is 48.4 Å². The normalized spacial score (nSPS) is 11.5. The van der Waals surface area contributed by atoms with Crippen LogP contribution in [-0.4, -0.2) is 9.97 Å². The van der Waals surface area contributed by atoms with Gasteiger partial charge in [-0.1, -0.05) is 26.0 Å². The molecule has 2 heterocycles. The average Bonchev–Trinajstić information content (AvgIpc) is 2.38. The summed E-state index contributed by atoms with van der Waals surface area (Å²) in [4.78, 5) is 8.77. The van der Waals surface area contributed by atoms with Gasteiger partial charge in [0.25, 0.3) is 0 Å². The molecule has 0 saturated carbocycles. The van der Waals surface area contributed by atoms with Gasteiger partial charge in [-0.2, -0.15) is 0 Å². The van der Waals surface area contributed by atoms with Crippen LogP contribution in [0.2, 0.25) is 0 Å².